The van der Waals surface area contributed by atoms with Crippen LogP contribution in [-0.4, -0.2) is 17.6 Å². The normalized spacial score (nSPS) is 9.63. The summed E-state index contributed by atoms with van der Waals surface area (Å²) in [6.45, 7) is 1.91. The lowest BCUT2D eigenvalue weighted by atomic mass is 10.1. The number of carbonyl (C=O) groups is 1. The van der Waals surface area contributed by atoms with E-state index in [1.165, 1.54) is 6.07 Å². The van der Waals surface area contributed by atoms with Crippen molar-refractivity contribution in [3.63, 3.8) is 0 Å². The number of azide groups is 1. The minimum atomic E-state index is -0.713. The van der Waals surface area contributed by atoms with Gasteiger partial charge in [-0.3, -0.25) is 4.79 Å². The van der Waals surface area contributed by atoms with Gasteiger partial charge in [-0.15, -0.1) is 0 Å². The van der Waals surface area contributed by atoms with Crippen molar-refractivity contribution >= 4 is 34.8 Å². The SMILES string of the molecule is CCOC(=O)Cc1cc(C(=S)N=[N+]=[N-])c(F)cc1Cl. The van der Waals surface area contributed by atoms with Crippen LogP contribution in [0.2, 0.25) is 5.02 Å². The average molecular weight is 302 g/mol. The molecule has 0 amide bonds. The van der Waals surface area contributed by atoms with Crippen molar-refractivity contribution in [2.75, 3.05) is 6.61 Å². The van der Waals surface area contributed by atoms with E-state index in [1.807, 2.05) is 0 Å². The van der Waals surface area contributed by atoms with Gasteiger partial charge in [0.1, 0.15) is 10.8 Å². The van der Waals surface area contributed by atoms with Crippen molar-refractivity contribution in [1.29, 1.82) is 0 Å². The molecule has 0 atom stereocenters. The van der Waals surface area contributed by atoms with Crippen LogP contribution in [0.4, 0.5) is 4.39 Å². The molecule has 8 heteroatoms. The molecule has 0 heterocycles. The van der Waals surface area contributed by atoms with E-state index in [0.717, 1.165) is 6.07 Å². The standard InChI is InChI=1S/C11H9ClFN3O2S/c1-2-18-10(17)4-6-3-7(11(19)15-16-14)9(13)5-8(6)12/h3,5H,2,4H2,1H3. The Hall–Kier alpha value is -1.69. The molecule has 1 aromatic rings. The summed E-state index contributed by atoms with van der Waals surface area (Å²) in [5.74, 6) is -1.20. The van der Waals surface area contributed by atoms with Gasteiger partial charge in [-0.1, -0.05) is 23.8 Å². The molecule has 1 aromatic carbocycles. The van der Waals surface area contributed by atoms with Crippen molar-refractivity contribution in [1.82, 2.24) is 0 Å². The molecule has 0 aliphatic carbocycles. The number of hydrogen-bond donors (Lipinski definition) is 0. The molecule has 0 aliphatic heterocycles. The fourth-order valence-corrected chi connectivity index (χ4v) is 1.77. The minimum Gasteiger partial charge on any atom is -0.466 e. The Morgan fingerprint density at radius 1 is 1.63 bits per heavy atom. The first-order valence-corrected chi connectivity index (χ1v) is 6.01. The summed E-state index contributed by atoms with van der Waals surface area (Å²) in [5.41, 5.74) is 8.56. The number of benzene rings is 1. The molecule has 5 nitrogen and oxygen atoms in total. The molecule has 0 aromatic heterocycles. The molecule has 0 bridgehead atoms. The number of halogens is 2. The highest BCUT2D eigenvalue weighted by Gasteiger charge is 2.14. The zero-order valence-electron chi connectivity index (χ0n) is 9.89. The second kappa shape index (κ2) is 7.04. The summed E-state index contributed by atoms with van der Waals surface area (Å²) in [6.07, 6.45) is -0.112. The van der Waals surface area contributed by atoms with Crippen LogP contribution in [0.15, 0.2) is 17.2 Å². The number of carbonyl (C=O) groups excluding carboxylic acids is 1. The van der Waals surface area contributed by atoms with Crippen molar-refractivity contribution < 1.29 is 13.9 Å². The molecule has 1 rings (SSSR count). The van der Waals surface area contributed by atoms with Crippen LogP contribution in [0.5, 0.6) is 0 Å². The van der Waals surface area contributed by atoms with Crippen molar-refractivity contribution in [2.45, 2.75) is 13.3 Å². The van der Waals surface area contributed by atoms with E-state index in [4.69, 9.17) is 34.1 Å². The second-order valence-corrected chi connectivity index (χ2v) is 4.19. The maximum Gasteiger partial charge on any atom is 0.310 e. The number of ether oxygens (including phenoxy) is 1. The molecular weight excluding hydrogens is 293 g/mol. The van der Waals surface area contributed by atoms with Gasteiger partial charge in [0.25, 0.3) is 0 Å². The molecule has 0 N–H and O–H groups in total. The van der Waals surface area contributed by atoms with Crippen molar-refractivity contribution in [3.8, 4) is 0 Å². The molecule has 0 fully saturated rings. The first-order chi connectivity index (χ1) is 8.99. The number of thiocarbonyl (C=S) groups is 1. The molecule has 0 radical (unpaired) electrons. The quantitative estimate of drug-likeness (QED) is 0.280. The van der Waals surface area contributed by atoms with Crippen molar-refractivity contribution in [2.24, 2.45) is 5.11 Å². The number of rotatable bonds is 4. The van der Waals surface area contributed by atoms with Gasteiger partial charge in [0.15, 0.2) is 0 Å². The molecule has 19 heavy (non-hydrogen) atoms. The maximum atomic E-state index is 13.6. The summed E-state index contributed by atoms with van der Waals surface area (Å²) in [4.78, 5) is 13.6. The number of nitrogens with zero attached hydrogens (tertiary/aromatic N) is 3. The fourth-order valence-electron chi connectivity index (χ4n) is 1.36. The zero-order chi connectivity index (χ0) is 14.4. The lowest BCUT2D eigenvalue weighted by molar-refractivity contribution is -0.142. The Bertz CT molecular complexity index is 573. The van der Waals surface area contributed by atoms with Gasteiger partial charge in [-0.25, -0.2) is 4.39 Å². The fraction of sp³-hybridized carbons (Fsp3) is 0.273. The summed E-state index contributed by atoms with van der Waals surface area (Å²) < 4.78 is 18.4. The highest BCUT2D eigenvalue weighted by Crippen LogP contribution is 2.22. The summed E-state index contributed by atoms with van der Waals surface area (Å²) >= 11 is 10.6. The lowest BCUT2D eigenvalue weighted by Crippen LogP contribution is -2.09. The Balaban J connectivity index is 3.12. The smallest absolute Gasteiger partial charge is 0.310 e. The highest BCUT2D eigenvalue weighted by molar-refractivity contribution is 7.80. The summed E-state index contributed by atoms with van der Waals surface area (Å²) in [5, 5.41) is 3.24. The third kappa shape index (κ3) is 4.17. The van der Waals surface area contributed by atoms with Crippen LogP contribution >= 0.6 is 23.8 Å². The van der Waals surface area contributed by atoms with E-state index >= 15 is 0 Å². The van der Waals surface area contributed by atoms with E-state index in [0.29, 0.717) is 5.56 Å². The minimum absolute atomic E-state index is 0.0727. The van der Waals surface area contributed by atoms with Gasteiger partial charge in [-0.2, -0.15) is 0 Å². The summed E-state index contributed by atoms with van der Waals surface area (Å²) in [7, 11) is 0. The molecule has 0 aliphatic rings. The van der Waals surface area contributed by atoms with Crippen LogP contribution in [0.25, 0.3) is 10.4 Å². The predicted octanol–water partition coefficient (Wildman–Crippen LogP) is 3.57. The largest absolute Gasteiger partial charge is 0.466 e. The second-order valence-electron chi connectivity index (χ2n) is 3.40. The lowest BCUT2D eigenvalue weighted by Gasteiger charge is -2.08. The molecule has 0 saturated heterocycles. The van der Waals surface area contributed by atoms with Gasteiger partial charge in [0.05, 0.1) is 13.0 Å². The zero-order valence-corrected chi connectivity index (χ0v) is 11.5. The monoisotopic (exact) mass is 301 g/mol. The predicted molar refractivity (Wildman–Crippen MR) is 72.6 cm³/mol. The Morgan fingerprint density at radius 2 is 2.32 bits per heavy atom. The maximum absolute atomic E-state index is 13.6. The highest BCUT2D eigenvalue weighted by atomic mass is 35.5. The Kier molecular flexibility index (Phi) is 5.69. The van der Waals surface area contributed by atoms with E-state index in [2.05, 4.69) is 10.0 Å². The number of hydrogen-bond acceptors (Lipinski definition) is 3. The van der Waals surface area contributed by atoms with Gasteiger partial charge in [-0.05, 0) is 35.3 Å². The van der Waals surface area contributed by atoms with E-state index in [9.17, 15) is 9.18 Å². The van der Waals surface area contributed by atoms with Crippen LogP contribution in [0, 0.1) is 5.82 Å². The topological polar surface area (TPSA) is 75.1 Å². The van der Waals surface area contributed by atoms with Gasteiger partial charge in [0, 0.05) is 15.5 Å². The van der Waals surface area contributed by atoms with Crippen LogP contribution in [-0.2, 0) is 16.0 Å². The third-order valence-corrected chi connectivity index (χ3v) is 2.80. The third-order valence-electron chi connectivity index (χ3n) is 2.14. The van der Waals surface area contributed by atoms with Crippen LogP contribution < -0.4 is 0 Å². The van der Waals surface area contributed by atoms with Crippen LogP contribution in [0.1, 0.15) is 18.1 Å². The summed E-state index contributed by atoms with van der Waals surface area (Å²) in [6, 6.07) is 2.30. The Morgan fingerprint density at radius 3 is 2.89 bits per heavy atom. The van der Waals surface area contributed by atoms with Gasteiger partial charge < -0.3 is 4.74 Å². The van der Waals surface area contributed by atoms with Gasteiger partial charge >= 0.3 is 5.97 Å². The number of esters is 1. The molecule has 0 saturated carbocycles. The first-order valence-electron chi connectivity index (χ1n) is 5.22. The molecule has 100 valence electrons. The van der Waals surface area contributed by atoms with Gasteiger partial charge in [0.2, 0.25) is 0 Å². The van der Waals surface area contributed by atoms with E-state index in [1.54, 1.807) is 6.92 Å². The van der Waals surface area contributed by atoms with Crippen molar-refractivity contribution in [3.05, 3.63) is 44.5 Å². The van der Waals surface area contributed by atoms with E-state index < -0.39 is 11.8 Å². The Labute approximate surface area is 118 Å². The molecular formula is C11H9ClFN3O2S. The molecule has 0 unspecified atom stereocenters. The van der Waals surface area contributed by atoms with Crippen LogP contribution in [0.3, 0.4) is 0 Å². The average Bonchev–Trinajstić information content (AvgIpc) is 2.33. The first kappa shape index (κ1) is 15.4. The molecule has 0 spiro atoms. The van der Waals surface area contributed by atoms with E-state index in [-0.39, 0.29) is 28.6 Å².